The maximum Gasteiger partial charge on any atom is 0.256 e. The molecule has 3 aromatic rings. The lowest BCUT2D eigenvalue weighted by Crippen LogP contribution is -2.30. The van der Waals surface area contributed by atoms with Gasteiger partial charge in [-0.15, -0.1) is 0 Å². The van der Waals surface area contributed by atoms with Gasteiger partial charge in [-0.05, 0) is 42.0 Å². The Hall–Kier alpha value is -2.72. The zero-order valence-electron chi connectivity index (χ0n) is 13.8. The van der Waals surface area contributed by atoms with E-state index in [2.05, 4.69) is 0 Å². The average molecular weight is 356 g/mol. The van der Waals surface area contributed by atoms with Crippen LogP contribution in [0.25, 0.3) is 0 Å². The molecule has 0 unspecified atom stereocenters. The molecule has 1 aromatic heterocycles. The second kappa shape index (κ2) is 7.90. The van der Waals surface area contributed by atoms with Gasteiger partial charge in [-0.2, -0.15) is 0 Å². The molecule has 25 heavy (non-hydrogen) atoms. The third-order valence-electron chi connectivity index (χ3n) is 3.85. The molecule has 0 radical (unpaired) electrons. The van der Waals surface area contributed by atoms with Crippen molar-refractivity contribution >= 4 is 17.5 Å². The van der Waals surface area contributed by atoms with Crippen molar-refractivity contribution in [3.63, 3.8) is 0 Å². The van der Waals surface area contributed by atoms with Crippen molar-refractivity contribution in [2.75, 3.05) is 7.11 Å². The lowest BCUT2D eigenvalue weighted by atomic mass is 10.1. The largest absolute Gasteiger partial charge is 0.497 e. The number of halogens is 1. The molecule has 0 aliphatic carbocycles. The molecule has 0 N–H and O–H groups in total. The van der Waals surface area contributed by atoms with Gasteiger partial charge in [0.05, 0.1) is 30.5 Å². The smallest absolute Gasteiger partial charge is 0.256 e. The summed E-state index contributed by atoms with van der Waals surface area (Å²) in [4.78, 5) is 14.7. The third-order valence-corrected chi connectivity index (χ3v) is 4.18. The van der Waals surface area contributed by atoms with Crippen molar-refractivity contribution in [3.8, 4) is 5.75 Å². The van der Waals surface area contributed by atoms with Crippen LogP contribution in [0.15, 0.2) is 71.3 Å². The first-order valence-corrected chi connectivity index (χ1v) is 8.24. The van der Waals surface area contributed by atoms with Crippen molar-refractivity contribution in [2.24, 2.45) is 0 Å². The van der Waals surface area contributed by atoms with Crippen LogP contribution in [0.3, 0.4) is 0 Å². The standard InChI is InChI=1S/C20H18ClNO3/c1-24-16-10-8-15(9-11-16)13-22(14-17-5-4-12-25-17)20(23)18-6-2-3-7-19(18)21/h2-12H,13-14H2,1H3. The number of carbonyl (C=O) groups is 1. The SMILES string of the molecule is COc1ccc(CN(Cc2ccco2)C(=O)c2ccccc2Cl)cc1. The first-order chi connectivity index (χ1) is 12.2. The molecule has 2 aromatic carbocycles. The molecule has 0 bridgehead atoms. The summed E-state index contributed by atoms with van der Waals surface area (Å²) in [6.45, 7) is 0.803. The number of ether oxygens (including phenoxy) is 1. The number of amides is 1. The molecule has 0 aliphatic rings. The van der Waals surface area contributed by atoms with Crippen molar-refractivity contribution in [2.45, 2.75) is 13.1 Å². The first-order valence-electron chi connectivity index (χ1n) is 7.86. The van der Waals surface area contributed by atoms with Crippen LogP contribution in [0, 0.1) is 0 Å². The monoisotopic (exact) mass is 355 g/mol. The number of hydrogen-bond acceptors (Lipinski definition) is 3. The first kappa shape index (κ1) is 17.1. The minimum Gasteiger partial charge on any atom is -0.497 e. The molecule has 5 heteroatoms. The van der Waals surface area contributed by atoms with Gasteiger partial charge in [0.1, 0.15) is 11.5 Å². The Bertz CT molecular complexity index is 828. The van der Waals surface area contributed by atoms with E-state index in [1.165, 1.54) is 0 Å². The number of benzene rings is 2. The summed E-state index contributed by atoms with van der Waals surface area (Å²) in [6, 6.07) is 18.3. The minimum atomic E-state index is -0.141. The summed E-state index contributed by atoms with van der Waals surface area (Å²) >= 11 is 6.20. The Morgan fingerprint density at radius 2 is 1.80 bits per heavy atom. The number of furan rings is 1. The molecule has 1 amide bonds. The van der Waals surface area contributed by atoms with E-state index in [9.17, 15) is 4.79 Å². The maximum atomic E-state index is 13.0. The Morgan fingerprint density at radius 1 is 1.04 bits per heavy atom. The summed E-state index contributed by atoms with van der Waals surface area (Å²) in [5.41, 5.74) is 1.47. The Balaban J connectivity index is 1.86. The van der Waals surface area contributed by atoms with E-state index >= 15 is 0 Å². The highest BCUT2D eigenvalue weighted by atomic mass is 35.5. The van der Waals surface area contributed by atoms with E-state index in [0.29, 0.717) is 29.4 Å². The summed E-state index contributed by atoms with van der Waals surface area (Å²) in [7, 11) is 1.62. The predicted molar refractivity (Wildman–Crippen MR) is 96.7 cm³/mol. The fraction of sp³-hybridized carbons (Fsp3) is 0.150. The van der Waals surface area contributed by atoms with Crippen LogP contribution < -0.4 is 4.74 Å². The van der Waals surface area contributed by atoms with E-state index in [1.807, 2.05) is 30.3 Å². The zero-order chi connectivity index (χ0) is 17.6. The van der Waals surface area contributed by atoms with Gasteiger partial charge in [-0.1, -0.05) is 35.9 Å². The highest BCUT2D eigenvalue weighted by Gasteiger charge is 2.20. The molecular weight excluding hydrogens is 338 g/mol. The van der Waals surface area contributed by atoms with Gasteiger partial charge in [0.2, 0.25) is 0 Å². The average Bonchev–Trinajstić information content (AvgIpc) is 3.15. The van der Waals surface area contributed by atoms with Crippen LogP contribution in [0.4, 0.5) is 0 Å². The van der Waals surface area contributed by atoms with E-state index in [4.69, 9.17) is 20.8 Å². The van der Waals surface area contributed by atoms with Crippen LogP contribution in [-0.4, -0.2) is 17.9 Å². The number of nitrogens with zero attached hydrogens (tertiary/aromatic N) is 1. The molecule has 0 aliphatic heterocycles. The minimum absolute atomic E-state index is 0.141. The summed E-state index contributed by atoms with van der Waals surface area (Å²) in [5, 5.41) is 0.437. The van der Waals surface area contributed by atoms with Crippen LogP contribution in [0.2, 0.25) is 5.02 Å². The molecular formula is C20H18ClNO3. The second-order valence-corrected chi connectivity index (χ2v) is 5.98. The van der Waals surface area contributed by atoms with E-state index in [-0.39, 0.29) is 5.91 Å². The van der Waals surface area contributed by atoms with Crippen LogP contribution >= 0.6 is 11.6 Å². The summed E-state index contributed by atoms with van der Waals surface area (Å²) in [5.74, 6) is 1.35. The number of carbonyl (C=O) groups excluding carboxylic acids is 1. The fourth-order valence-corrected chi connectivity index (χ4v) is 2.76. The van der Waals surface area contributed by atoms with E-state index in [0.717, 1.165) is 11.3 Å². The van der Waals surface area contributed by atoms with Gasteiger partial charge in [0.25, 0.3) is 5.91 Å². The molecule has 0 saturated heterocycles. The fourth-order valence-electron chi connectivity index (χ4n) is 2.55. The van der Waals surface area contributed by atoms with Gasteiger partial charge < -0.3 is 14.1 Å². The molecule has 0 fully saturated rings. The van der Waals surface area contributed by atoms with Gasteiger partial charge in [-0.25, -0.2) is 0 Å². The third kappa shape index (κ3) is 4.22. The van der Waals surface area contributed by atoms with Crippen LogP contribution in [-0.2, 0) is 13.1 Å². The van der Waals surface area contributed by atoms with E-state index < -0.39 is 0 Å². The lowest BCUT2D eigenvalue weighted by molar-refractivity contribution is 0.0718. The topological polar surface area (TPSA) is 42.7 Å². The number of rotatable bonds is 6. The molecule has 3 rings (SSSR count). The zero-order valence-corrected chi connectivity index (χ0v) is 14.6. The Kier molecular flexibility index (Phi) is 5.41. The lowest BCUT2D eigenvalue weighted by Gasteiger charge is -2.22. The molecule has 128 valence electrons. The van der Waals surface area contributed by atoms with Gasteiger partial charge >= 0.3 is 0 Å². The van der Waals surface area contributed by atoms with Crippen LogP contribution in [0.1, 0.15) is 21.7 Å². The molecule has 0 saturated carbocycles. The van der Waals surface area contributed by atoms with Gasteiger partial charge in [0, 0.05) is 6.54 Å². The number of methoxy groups -OCH3 is 1. The quantitative estimate of drug-likeness (QED) is 0.638. The Morgan fingerprint density at radius 3 is 2.44 bits per heavy atom. The highest BCUT2D eigenvalue weighted by molar-refractivity contribution is 6.33. The maximum absolute atomic E-state index is 13.0. The summed E-state index contributed by atoms with van der Waals surface area (Å²) < 4.78 is 10.6. The van der Waals surface area contributed by atoms with Crippen molar-refractivity contribution in [1.29, 1.82) is 0 Å². The highest BCUT2D eigenvalue weighted by Crippen LogP contribution is 2.21. The van der Waals surface area contributed by atoms with Gasteiger partial charge in [0.15, 0.2) is 0 Å². The molecule has 4 nitrogen and oxygen atoms in total. The van der Waals surface area contributed by atoms with E-state index in [1.54, 1.807) is 48.6 Å². The predicted octanol–water partition coefficient (Wildman–Crippen LogP) is 4.78. The van der Waals surface area contributed by atoms with Crippen LogP contribution in [0.5, 0.6) is 5.75 Å². The summed E-state index contributed by atoms with van der Waals surface area (Å²) in [6.07, 6.45) is 1.60. The molecule has 1 heterocycles. The van der Waals surface area contributed by atoms with Crippen molar-refractivity contribution in [3.05, 3.63) is 88.8 Å². The molecule has 0 atom stereocenters. The Labute approximate surface area is 151 Å². The normalized spacial score (nSPS) is 10.5. The number of hydrogen-bond donors (Lipinski definition) is 0. The molecule has 0 spiro atoms. The van der Waals surface area contributed by atoms with Gasteiger partial charge in [-0.3, -0.25) is 4.79 Å². The van der Waals surface area contributed by atoms with Crippen molar-refractivity contribution < 1.29 is 13.9 Å². The van der Waals surface area contributed by atoms with Crippen molar-refractivity contribution in [1.82, 2.24) is 4.90 Å². The second-order valence-electron chi connectivity index (χ2n) is 5.57.